The van der Waals surface area contributed by atoms with Crippen molar-refractivity contribution in [2.75, 3.05) is 23.9 Å². The van der Waals surface area contributed by atoms with Gasteiger partial charge >= 0.3 is 0 Å². The Bertz CT molecular complexity index is 656. The summed E-state index contributed by atoms with van der Waals surface area (Å²) < 4.78 is 28.3. The van der Waals surface area contributed by atoms with Gasteiger partial charge in [-0.25, -0.2) is 8.78 Å². The van der Waals surface area contributed by atoms with Crippen molar-refractivity contribution >= 4 is 11.4 Å². The second kappa shape index (κ2) is 5.14. The SMILES string of the molecule is CN1c2c(C#N)c(F)c(F)c(C#N)c2N(C)[C@@H]2CCCC[C@H]21. The molecular formula is C16H16F2N4. The maximum Gasteiger partial charge on any atom is 0.180 e. The summed E-state index contributed by atoms with van der Waals surface area (Å²) in [7, 11) is 3.60. The van der Waals surface area contributed by atoms with Gasteiger partial charge in [-0.1, -0.05) is 12.8 Å². The molecule has 0 N–H and O–H groups in total. The molecule has 2 atom stereocenters. The first-order chi connectivity index (χ1) is 10.5. The highest BCUT2D eigenvalue weighted by molar-refractivity contribution is 5.85. The molecule has 1 aromatic rings. The summed E-state index contributed by atoms with van der Waals surface area (Å²) in [5.41, 5.74) is 0.0435. The Morgan fingerprint density at radius 3 is 1.55 bits per heavy atom. The van der Waals surface area contributed by atoms with E-state index in [0.717, 1.165) is 25.7 Å². The number of hydrogen-bond acceptors (Lipinski definition) is 4. The van der Waals surface area contributed by atoms with E-state index in [-0.39, 0.29) is 23.2 Å². The molecule has 1 fully saturated rings. The van der Waals surface area contributed by atoms with Crippen LogP contribution in [0, 0.1) is 34.3 Å². The Labute approximate surface area is 128 Å². The molecule has 4 nitrogen and oxygen atoms in total. The van der Waals surface area contributed by atoms with Gasteiger partial charge in [0.15, 0.2) is 11.6 Å². The first-order valence-corrected chi connectivity index (χ1v) is 7.33. The quantitative estimate of drug-likeness (QED) is 0.739. The Kier molecular flexibility index (Phi) is 3.41. The van der Waals surface area contributed by atoms with Gasteiger partial charge in [0, 0.05) is 26.2 Å². The van der Waals surface area contributed by atoms with E-state index in [2.05, 4.69) is 0 Å². The Morgan fingerprint density at radius 1 is 0.864 bits per heavy atom. The van der Waals surface area contributed by atoms with Crippen molar-refractivity contribution in [1.82, 2.24) is 0 Å². The van der Waals surface area contributed by atoms with Crippen LogP contribution in [0.1, 0.15) is 36.8 Å². The first kappa shape index (κ1) is 14.6. The van der Waals surface area contributed by atoms with E-state index in [9.17, 15) is 19.3 Å². The Hall–Kier alpha value is -2.34. The van der Waals surface area contributed by atoms with Crippen molar-refractivity contribution in [2.45, 2.75) is 37.8 Å². The summed E-state index contributed by atoms with van der Waals surface area (Å²) in [6.07, 6.45) is 4.03. The Morgan fingerprint density at radius 2 is 1.23 bits per heavy atom. The minimum atomic E-state index is -1.23. The van der Waals surface area contributed by atoms with Gasteiger partial charge < -0.3 is 9.80 Å². The lowest BCUT2D eigenvalue weighted by Crippen LogP contribution is -2.55. The molecule has 1 aliphatic heterocycles. The smallest absolute Gasteiger partial charge is 0.180 e. The summed E-state index contributed by atoms with van der Waals surface area (Å²) in [4.78, 5) is 3.72. The van der Waals surface area contributed by atoms with Crippen LogP contribution in [0.2, 0.25) is 0 Å². The predicted molar refractivity (Wildman–Crippen MR) is 78.6 cm³/mol. The Balaban J connectivity index is 2.34. The number of nitrogens with zero attached hydrogens (tertiary/aromatic N) is 4. The maximum atomic E-state index is 14.2. The van der Waals surface area contributed by atoms with Crippen LogP contribution in [0.4, 0.5) is 20.2 Å². The van der Waals surface area contributed by atoms with Gasteiger partial charge in [0.2, 0.25) is 0 Å². The molecule has 0 saturated heterocycles. The van der Waals surface area contributed by atoms with Crippen molar-refractivity contribution in [3.05, 3.63) is 22.8 Å². The summed E-state index contributed by atoms with van der Waals surface area (Å²) in [6, 6.07) is 3.83. The highest BCUT2D eigenvalue weighted by Gasteiger charge is 2.42. The molecule has 22 heavy (non-hydrogen) atoms. The normalized spacial score (nSPS) is 23.4. The number of rotatable bonds is 0. The van der Waals surface area contributed by atoms with E-state index in [4.69, 9.17) is 0 Å². The number of halogens is 2. The third kappa shape index (κ3) is 1.77. The van der Waals surface area contributed by atoms with Crippen LogP contribution in [0.15, 0.2) is 0 Å². The van der Waals surface area contributed by atoms with Crippen LogP contribution in [0.3, 0.4) is 0 Å². The molecule has 1 heterocycles. The lowest BCUT2D eigenvalue weighted by atomic mass is 9.84. The van der Waals surface area contributed by atoms with Crippen LogP contribution in [-0.4, -0.2) is 26.2 Å². The molecule has 3 rings (SSSR count). The van der Waals surface area contributed by atoms with Gasteiger partial charge in [-0.2, -0.15) is 10.5 Å². The monoisotopic (exact) mass is 302 g/mol. The molecule has 0 spiro atoms. The standard InChI is InChI=1S/C16H16F2N4/c1-21-11-5-3-4-6-12(11)22(2)16-10(8-20)14(18)13(17)9(7-19)15(16)21/h11-12H,3-6H2,1-2H3/t11-,12-/m1/s1. The molecule has 2 aliphatic rings. The van der Waals surface area contributed by atoms with E-state index in [1.165, 1.54) is 0 Å². The fraction of sp³-hybridized carbons (Fsp3) is 0.500. The number of hydrogen-bond donors (Lipinski definition) is 0. The summed E-state index contributed by atoms with van der Waals surface area (Å²) >= 11 is 0. The zero-order chi connectivity index (χ0) is 16.0. The zero-order valence-electron chi connectivity index (χ0n) is 12.5. The summed E-state index contributed by atoms with van der Waals surface area (Å²) in [6.45, 7) is 0. The van der Waals surface area contributed by atoms with Gasteiger partial charge in [-0.15, -0.1) is 0 Å². The van der Waals surface area contributed by atoms with Crippen molar-refractivity contribution in [3.8, 4) is 12.1 Å². The number of anilines is 2. The zero-order valence-corrected chi connectivity index (χ0v) is 12.5. The average Bonchev–Trinajstić information content (AvgIpc) is 2.54. The minimum absolute atomic E-state index is 0.148. The molecule has 0 amide bonds. The summed E-state index contributed by atoms with van der Waals surface area (Å²) in [5, 5.41) is 18.6. The van der Waals surface area contributed by atoms with Crippen LogP contribution in [0.25, 0.3) is 0 Å². The van der Waals surface area contributed by atoms with Gasteiger partial charge in [0.25, 0.3) is 0 Å². The van der Waals surface area contributed by atoms with E-state index in [0.29, 0.717) is 11.4 Å². The second-order valence-corrected chi connectivity index (χ2v) is 5.94. The average molecular weight is 302 g/mol. The van der Waals surface area contributed by atoms with Crippen LogP contribution < -0.4 is 9.80 Å². The molecular weight excluding hydrogens is 286 g/mol. The molecule has 1 aromatic carbocycles. The topological polar surface area (TPSA) is 54.1 Å². The minimum Gasteiger partial charge on any atom is -0.367 e. The van der Waals surface area contributed by atoms with Crippen molar-refractivity contribution in [1.29, 1.82) is 10.5 Å². The van der Waals surface area contributed by atoms with E-state index >= 15 is 0 Å². The molecule has 0 bridgehead atoms. The van der Waals surface area contributed by atoms with Gasteiger partial charge in [-0.3, -0.25) is 0 Å². The third-order valence-corrected chi connectivity index (χ3v) is 4.95. The number of benzene rings is 1. The second-order valence-electron chi connectivity index (χ2n) is 5.94. The fourth-order valence-electron chi connectivity index (χ4n) is 3.88. The third-order valence-electron chi connectivity index (χ3n) is 4.95. The lowest BCUT2D eigenvalue weighted by Gasteiger charge is -2.50. The van der Waals surface area contributed by atoms with Crippen LogP contribution in [-0.2, 0) is 0 Å². The highest BCUT2D eigenvalue weighted by atomic mass is 19.2. The highest BCUT2D eigenvalue weighted by Crippen LogP contribution is 2.46. The first-order valence-electron chi connectivity index (χ1n) is 7.33. The molecule has 0 radical (unpaired) electrons. The van der Waals surface area contributed by atoms with E-state index in [1.807, 2.05) is 9.80 Å². The van der Waals surface area contributed by atoms with Crippen molar-refractivity contribution < 1.29 is 8.78 Å². The number of likely N-dealkylation sites (N-methyl/N-ethyl adjacent to an activating group) is 2. The number of nitriles is 2. The molecule has 1 aliphatic carbocycles. The predicted octanol–water partition coefficient (Wildman–Crippen LogP) is 2.91. The molecule has 1 saturated carbocycles. The lowest BCUT2D eigenvalue weighted by molar-refractivity contribution is 0.352. The molecule has 114 valence electrons. The number of fused-ring (bicyclic) bond motifs is 2. The molecule has 6 heteroatoms. The van der Waals surface area contributed by atoms with Crippen LogP contribution >= 0.6 is 0 Å². The fourth-order valence-corrected chi connectivity index (χ4v) is 3.88. The van der Waals surface area contributed by atoms with Gasteiger partial charge in [-0.05, 0) is 12.8 Å². The summed E-state index contributed by atoms with van der Waals surface area (Å²) in [5.74, 6) is -2.46. The van der Waals surface area contributed by atoms with E-state index < -0.39 is 11.6 Å². The largest absolute Gasteiger partial charge is 0.367 e. The van der Waals surface area contributed by atoms with Crippen molar-refractivity contribution in [2.24, 2.45) is 0 Å². The molecule has 0 aromatic heterocycles. The maximum absolute atomic E-state index is 14.2. The van der Waals surface area contributed by atoms with Gasteiger partial charge in [0.05, 0.1) is 11.4 Å². The van der Waals surface area contributed by atoms with Crippen LogP contribution in [0.5, 0.6) is 0 Å². The van der Waals surface area contributed by atoms with E-state index in [1.54, 1.807) is 26.2 Å². The van der Waals surface area contributed by atoms with Crippen molar-refractivity contribution in [3.63, 3.8) is 0 Å². The molecule has 0 unspecified atom stereocenters. The van der Waals surface area contributed by atoms with Gasteiger partial charge in [0.1, 0.15) is 23.3 Å².